The molecule has 1 aromatic carbocycles. The molecule has 0 spiro atoms. The Morgan fingerprint density at radius 2 is 2.12 bits per heavy atom. The quantitative estimate of drug-likeness (QED) is 0.440. The van der Waals surface area contributed by atoms with Crippen molar-refractivity contribution in [1.82, 2.24) is 30.0 Å². The Balaban J connectivity index is 1.54. The molecule has 4 heterocycles. The number of nitrogens with two attached hydrogens (primary N) is 1. The number of pyridine rings is 1. The molecule has 1 aliphatic rings. The number of halogens is 1. The predicted octanol–water partition coefficient (Wildman–Crippen LogP) is 3.17. The van der Waals surface area contributed by atoms with Gasteiger partial charge in [-0.05, 0) is 56.6 Å². The highest BCUT2D eigenvalue weighted by atomic mass is 19.1. The molecule has 2 atom stereocenters. The summed E-state index contributed by atoms with van der Waals surface area (Å²) in [6.45, 7) is 3.04. The van der Waals surface area contributed by atoms with E-state index in [2.05, 4.69) is 32.5 Å². The van der Waals surface area contributed by atoms with E-state index < -0.39 is 11.7 Å². The summed E-state index contributed by atoms with van der Waals surface area (Å²) in [7, 11) is 0. The summed E-state index contributed by atoms with van der Waals surface area (Å²) in [5, 5.41) is 11.3. The maximum Gasteiger partial charge on any atom is 0.256 e. The zero-order valence-corrected chi connectivity index (χ0v) is 18.0. The van der Waals surface area contributed by atoms with E-state index in [0.29, 0.717) is 22.5 Å². The first-order chi connectivity index (χ1) is 16.0. The third-order valence-corrected chi connectivity index (χ3v) is 5.95. The van der Waals surface area contributed by atoms with E-state index in [1.54, 1.807) is 30.5 Å². The van der Waals surface area contributed by atoms with Gasteiger partial charge in [-0.25, -0.2) is 24.0 Å². The topological polar surface area (TPSA) is 124 Å². The maximum absolute atomic E-state index is 15.3. The van der Waals surface area contributed by atoms with Crippen LogP contribution in [0.4, 0.5) is 16.0 Å². The largest absolute Gasteiger partial charge is 0.383 e. The van der Waals surface area contributed by atoms with Crippen molar-refractivity contribution in [3.8, 4) is 11.3 Å². The second-order valence-electron chi connectivity index (χ2n) is 8.07. The number of aromatic nitrogens is 5. The molecule has 168 valence electrons. The third kappa shape index (κ3) is 3.89. The lowest BCUT2D eigenvalue weighted by atomic mass is 10.0. The molecular formula is C23H23FN8O. The van der Waals surface area contributed by atoms with Gasteiger partial charge < -0.3 is 16.4 Å². The predicted molar refractivity (Wildman–Crippen MR) is 123 cm³/mol. The molecule has 1 unspecified atom stereocenters. The van der Waals surface area contributed by atoms with E-state index >= 15 is 4.39 Å². The van der Waals surface area contributed by atoms with Crippen molar-refractivity contribution < 1.29 is 9.18 Å². The number of nitrogen functional groups attached to an aromatic ring is 1. The summed E-state index contributed by atoms with van der Waals surface area (Å²) >= 11 is 0. The van der Waals surface area contributed by atoms with Gasteiger partial charge in [0.2, 0.25) is 0 Å². The van der Waals surface area contributed by atoms with Gasteiger partial charge in [-0.2, -0.15) is 5.10 Å². The fourth-order valence-corrected chi connectivity index (χ4v) is 4.25. The molecule has 0 radical (unpaired) electrons. The molecule has 9 nitrogen and oxygen atoms in total. The zero-order valence-electron chi connectivity index (χ0n) is 18.0. The first kappa shape index (κ1) is 21.0. The Morgan fingerprint density at radius 3 is 2.88 bits per heavy atom. The lowest BCUT2D eigenvalue weighted by Gasteiger charge is -2.30. The highest BCUT2D eigenvalue weighted by Gasteiger charge is 2.28. The third-order valence-electron chi connectivity index (χ3n) is 5.95. The Morgan fingerprint density at radius 1 is 1.24 bits per heavy atom. The van der Waals surface area contributed by atoms with Crippen LogP contribution >= 0.6 is 0 Å². The molecule has 0 aliphatic carbocycles. The molecule has 10 heteroatoms. The number of nitrogens with zero attached hydrogens (tertiary/aromatic N) is 5. The number of piperidine rings is 1. The molecular weight excluding hydrogens is 423 g/mol. The van der Waals surface area contributed by atoms with Gasteiger partial charge in [0.15, 0.2) is 5.65 Å². The summed E-state index contributed by atoms with van der Waals surface area (Å²) in [5.41, 5.74) is 7.49. The Labute approximate surface area is 189 Å². The zero-order chi connectivity index (χ0) is 22.9. The maximum atomic E-state index is 15.3. The second kappa shape index (κ2) is 8.55. The van der Waals surface area contributed by atoms with Crippen molar-refractivity contribution in [3.05, 3.63) is 60.3 Å². The number of benzene rings is 1. The van der Waals surface area contributed by atoms with Gasteiger partial charge in [0.25, 0.3) is 5.91 Å². The molecule has 5 rings (SSSR count). The molecule has 4 N–H and O–H groups in total. The number of nitrogens with one attached hydrogen (secondary N) is 2. The van der Waals surface area contributed by atoms with E-state index in [1.807, 2.05) is 4.68 Å². The first-order valence-corrected chi connectivity index (χ1v) is 10.8. The molecule has 3 aromatic heterocycles. The smallest absolute Gasteiger partial charge is 0.256 e. The van der Waals surface area contributed by atoms with Crippen molar-refractivity contribution in [2.75, 3.05) is 17.6 Å². The fraction of sp³-hybridized carbons (Fsp3) is 0.261. The summed E-state index contributed by atoms with van der Waals surface area (Å²) < 4.78 is 17.1. The van der Waals surface area contributed by atoms with Gasteiger partial charge in [-0.1, -0.05) is 6.07 Å². The number of carbonyl (C=O) groups is 1. The van der Waals surface area contributed by atoms with Crippen molar-refractivity contribution in [2.24, 2.45) is 0 Å². The molecule has 1 amide bonds. The van der Waals surface area contributed by atoms with Gasteiger partial charge in [-0.3, -0.25) is 4.79 Å². The van der Waals surface area contributed by atoms with Gasteiger partial charge in [-0.15, -0.1) is 0 Å². The number of rotatable bonds is 4. The SMILES string of the molecule is C[C@H]1NCCCC1n1nc(-c2ccc(C(=O)Nc3ccccn3)cc2F)c2c(N)ncnc21. The van der Waals surface area contributed by atoms with Crippen LogP contribution in [0, 0.1) is 5.82 Å². The van der Waals surface area contributed by atoms with Gasteiger partial charge in [0, 0.05) is 23.4 Å². The van der Waals surface area contributed by atoms with Crippen LogP contribution in [0.1, 0.15) is 36.2 Å². The summed E-state index contributed by atoms with van der Waals surface area (Å²) in [5.74, 6) is -0.432. The average molecular weight is 446 g/mol. The molecule has 4 aromatic rings. The van der Waals surface area contributed by atoms with E-state index in [0.717, 1.165) is 19.4 Å². The molecule has 1 fully saturated rings. The van der Waals surface area contributed by atoms with Crippen LogP contribution in [0.15, 0.2) is 48.9 Å². The number of carbonyl (C=O) groups excluding carboxylic acids is 1. The van der Waals surface area contributed by atoms with Crippen LogP contribution < -0.4 is 16.4 Å². The summed E-state index contributed by atoms with van der Waals surface area (Å²) in [6, 6.07) is 9.64. The minimum absolute atomic E-state index is 0.0517. The highest BCUT2D eigenvalue weighted by Crippen LogP contribution is 2.35. The Hall–Kier alpha value is -3.92. The van der Waals surface area contributed by atoms with Crippen LogP contribution in [0.3, 0.4) is 0 Å². The molecule has 33 heavy (non-hydrogen) atoms. The molecule has 0 saturated carbocycles. The van der Waals surface area contributed by atoms with Gasteiger partial charge in [0.1, 0.15) is 29.5 Å². The van der Waals surface area contributed by atoms with Crippen LogP contribution in [-0.2, 0) is 0 Å². The number of hydrogen-bond donors (Lipinski definition) is 3. The van der Waals surface area contributed by atoms with E-state index in [1.165, 1.54) is 18.5 Å². The van der Waals surface area contributed by atoms with Crippen LogP contribution in [0.25, 0.3) is 22.3 Å². The number of hydrogen-bond acceptors (Lipinski definition) is 7. The second-order valence-corrected chi connectivity index (χ2v) is 8.07. The molecule has 1 saturated heterocycles. The van der Waals surface area contributed by atoms with Crippen LogP contribution in [0.2, 0.25) is 0 Å². The molecule has 1 aliphatic heterocycles. The van der Waals surface area contributed by atoms with Crippen LogP contribution in [0.5, 0.6) is 0 Å². The Kier molecular flexibility index (Phi) is 5.43. The van der Waals surface area contributed by atoms with Gasteiger partial charge >= 0.3 is 0 Å². The highest BCUT2D eigenvalue weighted by molar-refractivity contribution is 6.04. The van der Waals surface area contributed by atoms with E-state index in [4.69, 9.17) is 10.8 Å². The number of fused-ring (bicyclic) bond motifs is 1. The van der Waals surface area contributed by atoms with Gasteiger partial charge in [0.05, 0.1) is 11.4 Å². The lowest BCUT2D eigenvalue weighted by molar-refractivity contribution is 0.102. The average Bonchev–Trinajstić information content (AvgIpc) is 3.20. The number of amides is 1. The van der Waals surface area contributed by atoms with Crippen molar-refractivity contribution >= 4 is 28.6 Å². The summed E-state index contributed by atoms with van der Waals surface area (Å²) in [4.78, 5) is 25.1. The fourth-order valence-electron chi connectivity index (χ4n) is 4.25. The lowest BCUT2D eigenvalue weighted by Crippen LogP contribution is -2.40. The van der Waals surface area contributed by atoms with Crippen LogP contribution in [-0.4, -0.2) is 43.2 Å². The van der Waals surface area contributed by atoms with E-state index in [-0.39, 0.29) is 29.0 Å². The Bertz CT molecular complexity index is 1320. The van der Waals surface area contributed by atoms with Crippen molar-refractivity contribution in [3.63, 3.8) is 0 Å². The number of anilines is 2. The van der Waals surface area contributed by atoms with Crippen molar-refractivity contribution in [1.29, 1.82) is 0 Å². The first-order valence-electron chi connectivity index (χ1n) is 10.8. The molecule has 0 bridgehead atoms. The minimum atomic E-state index is -0.590. The van der Waals surface area contributed by atoms with E-state index in [9.17, 15) is 4.79 Å². The van der Waals surface area contributed by atoms with Crippen molar-refractivity contribution in [2.45, 2.75) is 31.8 Å². The standard InChI is InChI=1S/C23H23FN8O/c1-13-17(5-4-10-26-13)32-22-19(21(25)28-12-29-22)20(31-32)15-8-7-14(11-16(15)24)23(33)30-18-6-2-3-9-27-18/h2-3,6-9,11-13,17,26H,4-5,10H2,1H3,(H2,25,28,29)(H,27,30,33)/t13-,17?/m1/s1. The monoisotopic (exact) mass is 446 g/mol. The normalized spacial score (nSPS) is 18.4. The minimum Gasteiger partial charge on any atom is -0.383 e. The summed E-state index contributed by atoms with van der Waals surface area (Å²) in [6.07, 6.45) is 4.88.